The van der Waals surface area contributed by atoms with Gasteiger partial charge in [0.2, 0.25) is 0 Å². The smallest absolute Gasteiger partial charge is 0.254 e. The number of para-hydroxylation sites is 1. The Morgan fingerprint density at radius 3 is 2.71 bits per heavy atom. The van der Waals surface area contributed by atoms with E-state index >= 15 is 0 Å². The number of nitrogens with one attached hydrogen (secondary N) is 1. The third kappa shape index (κ3) is 1.94. The molecule has 0 unspecified atom stereocenters. The van der Waals surface area contributed by atoms with Crippen molar-refractivity contribution >= 4 is 22.5 Å². The zero-order valence-electron chi connectivity index (χ0n) is 13.2. The summed E-state index contributed by atoms with van der Waals surface area (Å²) in [7, 11) is 0. The molecule has 24 heavy (non-hydrogen) atoms. The SMILES string of the molecule is O=C(c1cccc2[nH]ncc12)N1C[C@@H]2C[C@H]1CN2c1ccccc1. The number of nitrogens with zero attached hydrogens (tertiary/aromatic N) is 3. The molecule has 0 spiro atoms. The van der Waals surface area contributed by atoms with Gasteiger partial charge in [-0.2, -0.15) is 5.10 Å². The molecule has 2 aromatic carbocycles. The van der Waals surface area contributed by atoms with Crippen LogP contribution in [0.3, 0.4) is 0 Å². The van der Waals surface area contributed by atoms with Crippen molar-refractivity contribution < 1.29 is 4.79 Å². The highest BCUT2D eigenvalue weighted by atomic mass is 16.2. The van der Waals surface area contributed by atoms with E-state index in [2.05, 4.69) is 39.4 Å². The molecule has 0 saturated carbocycles. The average Bonchev–Trinajstić information content (AvgIpc) is 3.36. The highest BCUT2D eigenvalue weighted by molar-refractivity contribution is 6.06. The lowest BCUT2D eigenvalue weighted by molar-refractivity contribution is 0.0727. The first-order valence-electron chi connectivity index (χ1n) is 8.36. The van der Waals surface area contributed by atoms with Crippen LogP contribution in [-0.2, 0) is 0 Å². The first kappa shape index (κ1) is 13.6. The second kappa shape index (κ2) is 5.09. The molecule has 5 nitrogen and oxygen atoms in total. The molecule has 3 aromatic rings. The number of carbonyl (C=O) groups is 1. The van der Waals surface area contributed by atoms with Crippen LogP contribution in [0.1, 0.15) is 16.8 Å². The lowest BCUT2D eigenvalue weighted by Gasteiger charge is -2.35. The maximum atomic E-state index is 13.1. The first-order valence-corrected chi connectivity index (χ1v) is 8.36. The van der Waals surface area contributed by atoms with Gasteiger partial charge in [0.1, 0.15) is 0 Å². The van der Waals surface area contributed by atoms with Gasteiger partial charge in [0.25, 0.3) is 5.91 Å². The number of anilines is 1. The summed E-state index contributed by atoms with van der Waals surface area (Å²) >= 11 is 0. The Bertz CT molecular complexity index is 904. The molecule has 1 amide bonds. The Hall–Kier alpha value is -2.82. The van der Waals surface area contributed by atoms with E-state index in [9.17, 15) is 4.79 Å². The monoisotopic (exact) mass is 318 g/mol. The van der Waals surface area contributed by atoms with E-state index in [4.69, 9.17) is 0 Å². The van der Waals surface area contributed by atoms with Crippen LogP contribution in [0.5, 0.6) is 0 Å². The third-order valence-corrected chi connectivity index (χ3v) is 5.30. The number of aromatic amines is 1. The maximum absolute atomic E-state index is 13.1. The number of rotatable bonds is 2. The van der Waals surface area contributed by atoms with Crippen molar-refractivity contribution in [2.45, 2.75) is 18.5 Å². The molecule has 2 bridgehead atoms. The molecule has 120 valence electrons. The number of benzene rings is 2. The summed E-state index contributed by atoms with van der Waals surface area (Å²) in [6, 6.07) is 17.0. The molecule has 3 heterocycles. The predicted octanol–water partition coefficient (Wildman–Crippen LogP) is 2.67. The fraction of sp³-hybridized carbons (Fsp3) is 0.263. The minimum Gasteiger partial charge on any atom is -0.365 e. The summed E-state index contributed by atoms with van der Waals surface area (Å²) in [5, 5.41) is 7.91. The fourth-order valence-corrected chi connectivity index (χ4v) is 4.16. The zero-order valence-corrected chi connectivity index (χ0v) is 13.2. The molecule has 5 rings (SSSR count). The van der Waals surface area contributed by atoms with Gasteiger partial charge in [-0.1, -0.05) is 24.3 Å². The topological polar surface area (TPSA) is 52.2 Å². The van der Waals surface area contributed by atoms with Crippen molar-refractivity contribution in [3.8, 4) is 0 Å². The highest BCUT2D eigenvalue weighted by Gasteiger charge is 2.45. The number of likely N-dealkylation sites (tertiary alicyclic amines) is 1. The van der Waals surface area contributed by atoms with E-state index in [-0.39, 0.29) is 5.91 Å². The van der Waals surface area contributed by atoms with E-state index in [1.807, 2.05) is 29.2 Å². The van der Waals surface area contributed by atoms with Crippen molar-refractivity contribution in [3.63, 3.8) is 0 Å². The first-order chi connectivity index (χ1) is 11.8. The van der Waals surface area contributed by atoms with Gasteiger partial charge in [-0.05, 0) is 30.7 Å². The van der Waals surface area contributed by atoms with E-state index in [1.54, 1.807) is 6.20 Å². The van der Waals surface area contributed by atoms with Crippen LogP contribution in [-0.4, -0.2) is 46.2 Å². The maximum Gasteiger partial charge on any atom is 0.254 e. The predicted molar refractivity (Wildman–Crippen MR) is 93.1 cm³/mol. The van der Waals surface area contributed by atoms with Gasteiger partial charge in [-0.15, -0.1) is 0 Å². The number of carbonyl (C=O) groups excluding carboxylic acids is 1. The second-order valence-electron chi connectivity index (χ2n) is 6.63. The number of aromatic nitrogens is 2. The number of fused-ring (bicyclic) bond motifs is 3. The molecule has 2 saturated heterocycles. The molecular formula is C19H18N4O. The molecule has 2 fully saturated rings. The fourth-order valence-electron chi connectivity index (χ4n) is 4.16. The van der Waals surface area contributed by atoms with Gasteiger partial charge in [0.05, 0.1) is 23.3 Å². The molecule has 1 aromatic heterocycles. The third-order valence-electron chi connectivity index (χ3n) is 5.30. The van der Waals surface area contributed by atoms with E-state index in [0.717, 1.165) is 36.0 Å². The summed E-state index contributed by atoms with van der Waals surface area (Å²) in [6.07, 6.45) is 2.80. The molecule has 5 heteroatoms. The normalized spacial score (nSPS) is 22.5. The van der Waals surface area contributed by atoms with Crippen molar-refractivity contribution in [2.75, 3.05) is 18.0 Å². The van der Waals surface area contributed by atoms with Gasteiger partial charge in [-0.25, -0.2) is 0 Å². The molecule has 2 aliphatic heterocycles. The number of H-pyrrole nitrogens is 1. The van der Waals surface area contributed by atoms with Crippen LogP contribution in [0.4, 0.5) is 5.69 Å². The minimum atomic E-state index is 0.127. The van der Waals surface area contributed by atoms with Crippen molar-refractivity contribution in [2.24, 2.45) is 0 Å². The Kier molecular flexibility index (Phi) is 2.89. The standard InChI is InChI=1S/C19H18N4O/c24-19(16-7-4-8-18-17(16)10-20-21-18)23-12-14-9-15(23)11-22(14)13-5-2-1-3-6-13/h1-8,10,14-15H,9,11-12H2,(H,20,21)/t14-,15-/m0/s1. The van der Waals surface area contributed by atoms with Gasteiger partial charge >= 0.3 is 0 Å². The number of hydrogen-bond donors (Lipinski definition) is 1. The van der Waals surface area contributed by atoms with Crippen molar-refractivity contribution in [1.82, 2.24) is 15.1 Å². The second-order valence-corrected chi connectivity index (χ2v) is 6.63. The minimum absolute atomic E-state index is 0.127. The van der Waals surface area contributed by atoms with Crippen LogP contribution in [0.25, 0.3) is 10.9 Å². The number of piperazine rings is 1. The lowest BCUT2D eigenvalue weighted by Crippen LogP contribution is -2.48. The summed E-state index contributed by atoms with van der Waals surface area (Å²) in [4.78, 5) is 17.5. The van der Waals surface area contributed by atoms with Gasteiger partial charge in [-0.3, -0.25) is 9.89 Å². The van der Waals surface area contributed by atoms with Gasteiger partial charge in [0, 0.05) is 30.2 Å². The summed E-state index contributed by atoms with van der Waals surface area (Å²) in [5.74, 6) is 0.127. The average molecular weight is 318 g/mol. The largest absolute Gasteiger partial charge is 0.365 e. The molecule has 2 atom stereocenters. The van der Waals surface area contributed by atoms with Crippen LogP contribution < -0.4 is 4.90 Å². The van der Waals surface area contributed by atoms with Crippen LogP contribution in [0.2, 0.25) is 0 Å². The Morgan fingerprint density at radius 1 is 1.04 bits per heavy atom. The number of hydrogen-bond acceptors (Lipinski definition) is 3. The highest BCUT2D eigenvalue weighted by Crippen LogP contribution is 2.35. The summed E-state index contributed by atoms with van der Waals surface area (Å²) in [6.45, 7) is 1.72. The molecule has 0 aliphatic carbocycles. The van der Waals surface area contributed by atoms with Crippen molar-refractivity contribution in [3.05, 3.63) is 60.3 Å². The number of amides is 1. The van der Waals surface area contributed by atoms with E-state index in [1.165, 1.54) is 5.69 Å². The zero-order chi connectivity index (χ0) is 16.1. The van der Waals surface area contributed by atoms with E-state index < -0.39 is 0 Å². The summed E-state index contributed by atoms with van der Waals surface area (Å²) in [5.41, 5.74) is 2.92. The van der Waals surface area contributed by atoms with Crippen LogP contribution >= 0.6 is 0 Å². The van der Waals surface area contributed by atoms with Gasteiger partial charge < -0.3 is 9.80 Å². The Morgan fingerprint density at radius 2 is 1.92 bits per heavy atom. The molecular weight excluding hydrogens is 300 g/mol. The quantitative estimate of drug-likeness (QED) is 0.790. The van der Waals surface area contributed by atoms with Gasteiger partial charge in [0.15, 0.2) is 0 Å². The lowest BCUT2D eigenvalue weighted by atomic mass is 10.1. The van der Waals surface area contributed by atoms with E-state index in [0.29, 0.717) is 12.1 Å². The summed E-state index contributed by atoms with van der Waals surface area (Å²) < 4.78 is 0. The molecule has 1 N–H and O–H groups in total. The van der Waals surface area contributed by atoms with Crippen molar-refractivity contribution in [1.29, 1.82) is 0 Å². The Labute approximate surface area is 139 Å². The van der Waals surface area contributed by atoms with Crippen LogP contribution in [0.15, 0.2) is 54.7 Å². The Balaban J connectivity index is 1.41. The van der Waals surface area contributed by atoms with Crippen LogP contribution in [0, 0.1) is 0 Å². The molecule has 2 aliphatic rings. The molecule has 0 radical (unpaired) electrons.